The molecule has 0 unspecified atom stereocenters. The highest BCUT2D eigenvalue weighted by molar-refractivity contribution is 7.80. The molecule has 0 amide bonds. The van der Waals surface area contributed by atoms with Crippen molar-refractivity contribution in [1.82, 2.24) is 0 Å². The van der Waals surface area contributed by atoms with Gasteiger partial charge in [0.05, 0.1) is 44.5 Å². The number of nitrogens with zero attached hydrogens (tertiary/aromatic N) is 1. The van der Waals surface area contributed by atoms with Crippen LogP contribution in [0.5, 0.6) is 0 Å². The first-order valence-electron chi connectivity index (χ1n) is 21.0. The van der Waals surface area contributed by atoms with Gasteiger partial charge in [-0.2, -0.15) is 132 Å². The van der Waals surface area contributed by atoms with Crippen molar-refractivity contribution in [3.8, 4) is 0 Å². The van der Waals surface area contributed by atoms with E-state index in [1.54, 1.807) is 0 Å². The SMILES string of the molecule is FC(F)(F)c1cc([B-](c2cc(C(F)(F)F)cc(C(F)(F)F)c2)(c2cc(C(F)(F)F)cc(C(F)(F)F)c2)c2cc(C(F)(F)F)cc(C(F)(F)F)c2)cc(C(F)(F)F)c1.O=C(C[n+]1ccc2c(S)cccc2c1)c1ccccc1. The average molecular weight is 1140 g/mol. The zero-order chi connectivity index (χ0) is 57.9. The number of benzene rings is 6. The Labute approximate surface area is 421 Å². The molecule has 410 valence electrons. The summed E-state index contributed by atoms with van der Waals surface area (Å²) in [7, 11) is 0. The molecular formula is C49H26BF24NOS. The molecule has 2 nitrogen and oxygen atoms in total. The molecular weight excluding hydrogens is 1120 g/mol. The molecule has 28 heteroatoms. The fraction of sp³-hybridized carbons (Fsp3) is 0.184. The van der Waals surface area contributed by atoms with Gasteiger partial charge in [-0.1, -0.05) is 84.9 Å². The average Bonchev–Trinajstić information content (AvgIpc) is 3.30. The smallest absolute Gasteiger partial charge is 0.287 e. The summed E-state index contributed by atoms with van der Waals surface area (Å²) in [5, 5.41) is 2.18. The zero-order valence-electron chi connectivity index (χ0n) is 37.4. The second-order valence-corrected chi connectivity index (χ2v) is 17.4. The number of Topliss-reactive ketones (excluding diaryl/α,β-unsaturated/α-hetero) is 1. The predicted octanol–water partition coefficient (Wildman–Crippen LogP) is 14.5. The van der Waals surface area contributed by atoms with Gasteiger partial charge in [-0.25, -0.2) is 0 Å². The molecule has 0 aliphatic rings. The number of rotatable bonds is 7. The van der Waals surface area contributed by atoms with Crippen molar-refractivity contribution in [2.45, 2.75) is 60.9 Å². The van der Waals surface area contributed by atoms with Crippen LogP contribution in [0.4, 0.5) is 105 Å². The number of aromatic nitrogens is 1. The summed E-state index contributed by atoms with van der Waals surface area (Å²) in [4.78, 5) is 13.1. The van der Waals surface area contributed by atoms with E-state index in [1.807, 2.05) is 71.6 Å². The van der Waals surface area contributed by atoms with E-state index in [-0.39, 0.29) is 5.78 Å². The van der Waals surface area contributed by atoms with Crippen molar-refractivity contribution in [1.29, 1.82) is 0 Å². The Hall–Kier alpha value is -6.87. The topological polar surface area (TPSA) is 20.9 Å². The molecule has 77 heavy (non-hydrogen) atoms. The number of carbonyl (C=O) groups excluding carboxylic acids is 1. The highest BCUT2D eigenvalue weighted by atomic mass is 32.1. The van der Waals surface area contributed by atoms with Crippen LogP contribution in [0.2, 0.25) is 0 Å². The van der Waals surface area contributed by atoms with E-state index in [0.717, 1.165) is 21.2 Å². The Kier molecular flexibility index (Phi) is 15.8. The Morgan fingerprint density at radius 1 is 0.377 bits per heavy atom. The number of thiol groups is 1. The van der Waals surface area contributed by atoms with Gasteiger partial charge in [0.1, 0.15) is 6.15 Å². The third kappa shape index (κ3) is 13.5. The number of carbonyl (C=O) groups is 1. The maximum absolute atomic E-state index is 14.2. The summed E-state index contributed by atoms with van der Waals surface area (Å²) >= 11 is 4.44. The lowest BCUT2D eigenvalue weighted by atomic mass is 9.12. The van der Waals surface area contributed by atoms with Gasteiger partial charge in [0, 0.05) is 27.3 Å². The van der Waals surface area contributed by atoms with Crippen molar-refractivity contribution in [2.24, 2.45) is 0 Å². The first-order valence-corrected chi connectivity index (χ1v) is 21.5. The van der Waals surface area contributed by atoms with E-state index in [1.165, 1.54) is 0 Å². The van der Waals surface area contributed by atoms with Crippen molar-refractivity contribution >= 4 is 57.2 Å². The lowest BCUT2D eigenvalue weighted by Gasteiger charge is -2.46. The summed E-state index contributed by atoms with van der Waals surface area (Å²) in [5.74, 6) is 0.108. The molecule has 0 aliphatic carbocycles. The van der Waals surface area contributed by atoms with Gasteiger partial charge in [-0.15, -0.1) is 12.6 Å². The Bertz CT molecular complexity index is 2870. The zero-order valence-corrected chi connectivity index (χ0v) is 38.3. The molecule has 0 fully saturated rings. The van der Waals surface area contributed by atoms with Crippen LogP contribution in [0, 0.1) is 0 Å². The number of hydrogen-bond acceptors (Lipinski definition) is 2. The number of halogens is 24. The molecule has 0 radical (unpaired) electrons. The van der Waals surface area contributed by atoms with Gasteiger partial charge in [-0.3, -0.25) is 4.79 Å². The van der Waals surface area contributed by atoms with E-state index in [2.05, 4.69) is 12.6 Å². The molecule has 6 aromatic carbocycles. The summed E-state index contributed by atoms with van der Waals surface area (Å²) in [6.45, 7) is 0.344. The van der Waals surface area contributed by atoms with Gasteiger partial charge in [0.15, 0.2) is 12.4 Å². The normalized spacial score (nSPS) is 13.4. The van der Waals surface area contributed by atoms with Gasteiger partial charge in [0.25, 0.3) is 0 Å². The van der Waals surface area contributed by atoms with Crippen LogP contribution in [-0.4, -0.2) is 11.9 Å². The summed E-state index contributed by atoms with van der Waals surface area (Å²) in [6.07, 6.45) is -50.9. The Morgan fingerprint density at radius 2 is 0.662 bits per heavy atom. The van der Waals surface area contributed by atoms with Crippen molar-refractivity contribution in [2.75, 3.05) is 0 Å². The van der Waals surface area contributed by atoms with Gasteiger partial charge < -0.3 is 0 Å². The molecule has 1 heterocycles. The molecule has 0 saturated heterocycles. The number of hydrogen-bond donors (Lipinski definition) is 1. The maximum Gasteiger partial charge on any atom is 0.416 e. The maximum atomic E-state index is 14.2. The van der Waals surface area contributed by atoms with E-state index < -0.39 is 195 Å². The van der Waals surface area contributed by atoms with Crippen LogP contribution in [0.1, 0.15) is 54.9 Å². The van der Waals surface area contributed by atoms with Gasteiger partial charge >= 0.3 is 49.4 Å². The minimum atomic E-state index is -6.13. The van der Waals surface area contributed by atoms with Crippen molar-refractivity contribution < 1.29 is 115 Å². The van der Waals surface area contributed by atoms with Gasteiger partial charge in [-0.05, 0) is 36.4 Å². The lowest BCUT2D eigenvalue weighted by molar-refractivity contribution is -0.681. The predicted molar refractivity (Wildman–Crippen MR) is 232 cm³/mol. The van der Waals surface area contributed by atoms with E-state index in [0.29, 0.717) is 6.54 Å². The van der Waals surface area contributed by atoms with Crippen LogP contribution < -0.4 is 26.4 Å². The van der Waals surface area contributed by atoms with Crippen LogP contribution in [-0.2, 0) is 56.0 Å². The minimum absolute atomic E-state index is 0.108. The Balaban J connectivity index is 0.000000397. The van der Waals surface area contributed by atoms with Crippen LogP contribution in [0.15, 0.2) is 145 Å². The Morgan fingerprint density at radius 3 is 0.935 bits per heavy atom. The fourth-order valence-corrected chi connectivity index (χ4v) is 8.60. The largest absolute Gasteiger partial charge is 0.416 e. The van der Waals surface area contributed by atoms with Crippen molar-refractivity contribution in [3.05, 3.63) is 190 Å². The molecule has 0 bridgehead atoms. The third-order valence-corrected chi connectivity index (χ3v) is 12.1. The number of pyridine rings is 1. The first-order chi connectivity index (χ1) is 35.0. The molecule has 0 aliphatic heterocycles. The fourth-order valence-electron chi connectivity index (χ4n) is 8.31. The van der Waals surface area contributed by atoms with E-state index in [4.69, 9.17) is 0 Å². The summed E-state index contributed by atoms with van der Waals surface area (Å²) < 4.78 is 343. The molecule has 0 atom stereocenters. The molecule has 0 spiro atoms. The van der Waals surface area contributed by atoms with Crippen LogP contribution in [0.25, 0.3) is 10.8 Å². The van der Waals surface area contributed by atoms with Crippen LogP contribution >= 0.6 is 12.6 Å². The quantitative estimate of drug-likeness (QED) is 0.0555. The molecule has 7 rings (SSSR count). The first kappa shape index (κ1) is 59.4. The summed E-state index contributed by atoms with van der Waals surface area (Å²) in [5.41, 5.74) is -29.5. The number of fused-ring (bicyclic) bond motifs is 1. The number of ketones is 1. The minimum Gasteiger partial charge on any atom is -0.287 e. The summed E-state index contributed by atoms with van der Waals surface area (Å²) in [6, 6.07) is 8.50. The lowest BCUT2D eigenvalue weighted by Crippen LogP contribution is -2.75. The van der Waals surface area contributed by atoms with E-state index >= 15 is 0 Å². The van der Waals surface area contributed by atoms with E-state index in [9.17, 15) is 110 Å². The highest BCUT2D eigenvalue weighted by Crippen LogP contribution is 2.41. The molecule has 1 aromatic heterocycles. The molecule has 0 saturated carbocycles. The molecule has 7 aromatic rings. The standard InChI is InChI=1S/C32H12BF24.C17H13NOS/c34-25(35,36)13-1-14(26(37,38)39)6-21(5-13)33(22-7-15(27(40,41)42)2-16(8-22)28(43,44)45,23-9-17(29(46,47)48)3-18(10-23)30(49,50)51)24-11-19(31(52,53)54)4-20(12-24)32(55,56)57;19-16(13-5-2-1-3-6-13)12-18-10-9-15-14(11-18)7-4-8-17(15)20/h1-12H;1-11H,12H2/q-1;/p+1. The number of alkyl halides is 24. The van der Waals surface area contributed by atoms with Crippen molar-refractivity contribution in [3.63, 3.8) is 0 Å². The highest BCUT2D eigenvalue weighted by Gasteiger charge is 2.47. The molecule has 0 N–H and O–H groups in total. The second-order valence-electron chi connectivity index (χ2n) is 16.9. The monoisotopic (exact) mass is 1140 g/mol. The third-order valence-electron chi connectivity index (χ3n) is 11.7. The second kappa shape index (κ2) is 20.5. The van der Waals surface area contributed by atoms with Gasteiger partial charge in [0.2, 0.25) is 12.3 Å². The van der Waals surface area contributed by atoms with Crippen LogP contribution in [0.3, 0.4) is 0 Å².